The van der Waals surface area contributed by atoms with Crippen LogP contribution >= 0.6 is 0 Å². The first-order valence-corrected chi connectivity index (χ1v) is 22.8. The van der Waals surface area contributed by atoms with Crippen molar-refractivity contribution in [2.75, 3.05) is 4.90 Å². The van der Waals surface area contributed by atoms with Crippen LogP contribution in [0.2, 0.25) is 0 Å². The first-order valence-electron chi connectivity index (χ1n) is 22.8. The van der Waals surface area contributed by atoms with Crippen LogP contribution < -0.4 is 4.90 Å². The molecule has 0 saturated heterocycles. The van der Waals surface area contributed by atoms with E-state index in [1.165, 1.54) is 103 Å². The van der Waals surface area contributed by atoms with Gasteiger partial charge in [-0.05, 0) is 146 Å². The lowest BCUT2D eigenvalue weighted by atomic mass is 9.49. The van der Waals surface area contributed by atoms with Crippen molar-refractivity contribution in [2.45, 2.75) is 64.2 Å². The van der Waals surface area contributed by atoms with Crippen molar-refractivity contribution < 1.29 is 0 Å². The zero-order valence-corrected chi connectivity index (χ0v) is 35.8. The van der Waals surface area contributed by atoms with E-state index in [1.807, 2.05) is 0 Å². The molecule has 1 spiro atoms. The van der Waals surface area contributed by atoms with Crippen LogP contribution in [-0.2, 0) is 10.8 Å². The molecule has 61 heavy (non-hydrogen) atoms. The Morgan fingerprint density at radius 2 is 1.07 bits per heavy atom. The summed E-state index contributed by atoms with van der Waals surface area (Å²) in [5, 5.41) is 2.52. The van der Waals surface area contributed by atoms with Gasteiger partial charge in [0.15, 0.2) is 0 Å². The number of anilines is 3. The van der Waals surface area contributed by atoms with Gasteiger partial charge in [-0.2, -0.15) is 0 Å². The highest BCUT2D eigenvalue weighted by atomic mass is 15.1. The fourth-order valence-electron chi connectivity index (χ4n) is 13.4. The van der Waals surface area contributed by atoms with Gasteiger partial charge in [-0.1, -0.05) is 173 Å². The van der Waals surface area contributed by atoms with Crippen molar-refractivity contribution in [3.05, 3.63) is 198 Å². The summed E-state index contributed by atoms with van der Waals surface area (Å²) in [5.41, 5.74) is 20.0. The van der Waals surface area contributed by atoms with Crippen LogP contribution in [0.5, 0.6) is 0 Å². The normalized spacial score (nSPS) is 22.7. The maximum atomic E-state index is 2.57. The average Bonchev–Trinajstić information content (AvgIpc) is 3.72. The smallest absolute Gasteiger partial charge is 0.0543 e. The predicted molar refractivity (Wildman–Crippen MR) is 257 cm³/mol. The van der Waals surface area contributed by atoms with Crippen molar-refractivity contribution in [2.24, 2.45) is 23.7 Å². The molecular formula is C60H53N. The third kappa shape index (κ3) is 5.32. The quantitative estimate of drug-likeness (QED) is 0.168. The molecule has 2 bridgehead atoms. The number of hydrogen-bond acceptors (Lipinski definition) is 1. The number of nitrogens with zero attached hydrogens (tertiary/aromatic N) is 1. The third-order valence-corrected chi connectivity index (χ3v) is 15.8. The van der Waals surface area contributed by atoms with Crippen molar-refractivity contribution in [3.8, 4) is 44.5 Å². The molecule has 12 rings (SSSR count). The lowest BCUT2D eigenvalue weighted by Gasteiger charge is -2.54. The van der Waals surface area contributed by atoms with Crippen LogP contribution in [0, 0.1) is 23.7 Å². The van der Waals surface area contributed by atoms with Gasteiger partial charge < -0.3 is 4.90 Å². The molecule has 5 atom stereocenters. The van der Waals surface area contributed by atoms with Gasteiger partial charge in [-0.15, -0.1) is 0 Å². The number of hydrogen-bond donors (Lipinski definition) is 0. The van der Waals surface area contributed by atoms with Gasteiger partial charge in [0.25, 0.3) is 0 Å². The Labute approximate surface area is 361 Å². The van der Waals surface area contributed by atoms with Crippen molar-refractivity contribution in [3.63, 3.8) is 0 Å². The average molecular weight is 788 g/mol. The molecule has 2 fully saturated rings. The molecule has 0 amide bonds. The van der Waals surface area contributed by atoms with E-state index < -0.39 is 0 Å². The molecule has 0 aliphatic heterocycles. The molecule has 0 N–H and O–H groups in total. The predicted octanol–water partition coefficient (Wildman–Crippen LogP) is 16.3. The molecule has 8 aromatic carbocycles. The second kappa shape index (κ2) is 13.7. The SMILES string of the molecule is CC1CC2CC(C)C3(c4ccccc4-c4cc(-c5cccc6c(N(c7ccc(-c8ccccc8)cc7)c7cccc8c7-c7ccccc7C8(C)C)cccc56)ccc43)C(C1)C2. The summed E-state index contributed by atoms with van der Waals surface area (Å²) in [5.74, 6) is 2.99. The monoisotopic (exact) mass is 787 g/mol. The summed E-state index contributed by atoms with van der Waals surface area (Å²) in [7, 11) is 0. The number of fused-ring (bicyclic) bond motifs is 12. The Bertz CT molecular complexity index is 3000. The molecule has 0 radical (unpaired) electrons. The fraction of sp³-hybridized carbons (Fsp3) is 0.233. The van der Waals surface area contributed by atoms with Gasteiger partial charge in [0, 0.05) is 27.5 Å². The van der Waals surface area contributed by atoms with Crippen LogP contribution in [0.1, 0.15) is 75.6 Å². The van der Waals surface area contributed by atoms with Crippen LogP contribution in [0.3, 0.4) is 0 Å². The zero-order chi connectivity index (χ0) is 41.0. The van der Waals surface area contributed by atoms with E-state index >= 15 is 0 Å². The molecule has 5 unspecified atom stereocenters. The molecule has 4 aliphatic carbocycles. The molecule has 4 aliphatic rings. The second-order valence-corrected chi connectivity index (χ2v) is 19.5. The summed E-state index contributed by atoms with van der Waals surface area (Å²) in [6, 6.07) is 66.8. The summed E-state index contributed by atoms with van der Waals surface area (Å²) in [6.07, 6.45) is 5.45. The Morgan fingerprint density at radius 3 is 1.90 bits per heavy atom. The molecule has 8 aromatic rings. The Morgan fingerprint density at radius 1 is 0.443 bits per heavy atom. The largest absolute Gasteiger partial charge is 0.309 e. The minimum Gasteiger partial charge on any atom is -0.309 e. The third-order valence-electron chi connectivity index (χ3n) is 15.8. The van der Waals surface area contributed by atoms with E-state index in [2.05, 4.69) is 209 Å². The zero-order valence-electron chi connectivity index (χ0n) is 35.8. The maximum absolute atomic E-state index is 2.57. The van der Waals surface area contributed by atoms with E-state index in [0.717, 1.165) is 17.5 Å². The van der Waals surface area contributed by atoms with Crippen molar-refractivity contribution in [1.29, 1.82) is 0 Å². The van der Waals surface area contributed by atoms with Gasteiger partial charge in [-0.3, -0.25) is 0 Å². The lowest BCUT2D eigenvalue weighted by molar-refractivity contribution is 0.0426. The lowest BCUT2D eigenvalue weighted by Crippen LogP contribution is -2.49. The minimum atomic E-state index is -0.103. The Hall–Kier alpha value is -6.18. The van der Waals surface area contributed by atoms with E-state index in [1.54, 1.807) is 11.1 Å². The highest BCUT2D eigenvalue weighted by molar-refractivity contribution is 6.08. The molecular weight excluding hydrogens is 735 g/mol. The van der Waals surface area contributed by atoms with E-state index in [-0.39, 0.29) is 10.8 Å². The van der Waals surface area contributed by atoms with Gasteiger partial charge >= 0.3 is 0 Å². The molecule has 0 heterocycles. The van der Waals surface area contributed by atoms with Crippen molar-refractivity contribution >= 4 is 27.8 Å². The van der Waals surface area contributed by atoms with E-state index in [4.69, 9.17) is 0 Å². The molecule has 0 aromatic heterocycles. The summed E-state index contributed by atoms with van der Waals surface area (Å²) >= 11 is 0. The first kappa shape index (κ1) is 36.7. The Kier molecular flexibility index (Phi) is 8.21. The standard InChI is InChI=1S/C60H53N/c1-38-33-40-35-39(2)60(44(34-38)36-40)53-23-11-8-17-48(53)51-37-43(29-32-54(51)60)46-19-12-21-49-47(46)20-13-25-56(49)61(45-30-27-42(28-31-45)41-15-6-5-7-16-41)57-26-14-24-55-58(57)50-18-9-10-22-52(50)59(55,3)4/h5-32,37-40,44H,33-36H2,1-4H3. The van der Waals surface area contributed by atoms with E-state index in [9.17, 15) is 0 Å². The van der Waals surface area contributed by atoms with Gasteiger partial charge in [-0.25, -0.2) is 0 Å². The highest BCUT2D eigenvalue weighted by Gasteiger charge is 2.56. The summed E-state index contributed by atoms with van der Waals surface area (Å²) in [6.45, 7) is 9.84. The first-order chi connectivity index (χ1) is 29.8. The van der Waals surface area contributed by atoms with Gasteiger partial charge in [0.05, 0.1) is 11.4 Å². The molecule has 298 valence electrons. The van der Waals surface area contributed by atoms with Crippen molar-refractivity contribution in [1.82, 2.24) is 0 Å². The highest BCUT2D eigenvalue weighted by Crippen LogP contribution is 2.65. The Balaban J connectivity index is 1.04. The molecule has 1 heteroatoms. The van der Waals surface area contributed by atoms with Crippen LogP contribution in [-0.4, -0.2) is 0 Å². The molecule has 2 saturated carbocycles. The number of benzene rings is 8. The summed E-state index contributed by atoms with van der Waals surface area (Å²) in [4.78, 5) is 2.53. The topological polar surface area (TPSA) is 3.24 Å². The molecule has 1 nitrogen and oxygen atoms in total. The second-order valence-electron chi connectivity index (χ2n) is 19.5. The van der Waals surface area contributed by atoms with Crippen LogP contribution in [0.4, 0.5) is 17.1 Å². The van der Waals surface area contributed by atoms with E-state index in [0.29, 0.717) is 11.8 Å². The van der Waals surface area contributed by atoms with Crippen LogP contribution in [0.15, 0.2) is 176 Å². The van der Waals surface area contributed by atoms with Crippen LogP contribution in [0.25, 0.3) is 55.3 Å². The number of rotatable bonds is 5. The van der Waals surface area contributed by atoms with Gasteiger partial charge in [0.2, 0.25) is 0 Å². The summed E-state index contributed by atoms with van der Waals surface area (Å²) < 4.78 is 0. The van der Waals surface area contributed by atoms with Gasteiger partial charge in [0.1, 0.15) is 0 Å². The minimum absolute atomic E-state index is 0.0985. The maximum Gasteiger partial charge on any atom is 0.0543 e. The fourth-order valence-corrected chi connectivity index (χ4v) is 13.4.